The SMILES string of the molecule is CC(C)(C)NCCc1nnc(COC(C)(C)C)o1. The van der Waals surface area contributed by atoms with Crippen molar-refractivity contribution in [3.8, 4) is 0 Å². The second-order valence-corrected chi connectivity index (χ2v) is 6.42. The average Bonchev–Trinajstić information content (AvgIpc) is 2.60. The van der Waals surface area contributed by atoms with Crippen molar-refractivity contribution < 1.29 is 9.15 Å². The molecule has 0 bridgehead atoms. The Morgan fingerprint density at radius 1 is 1.06 bits per heavy atom. The normalized spacial score (nSPS) is 13.0. The standard InChI is InChI=1S/C13H25N3O2/c1-12(2,3)14-8-7-10-15-16-11(18-10)9-17-13(4,5)6/h14H,7-9H2,1-6H3. The zero-order valence-electron chi connectivity index (χ0n) is 12.3. The van der Waals surface area contributed by atoms with E-state index in [1.807, 2.05) is 20.8 Å². The van der Waals surface area contributed by atoms with Crippen LogP contribution in [-0.2, 0) is 17.8 Å². The van der Waals surface area contributed by atoms with Crippen LogP contribution in [0.3, 0.4) is 0 Å². The maximum Gasteiger partial charge on any atom is 0.242 e. The van der Waals surface area contributed by atoms with Crippen molar-refractivity contribution in [3.63, 3.8) is 0 Å². The van der Waals surface area contributed by atoms with E-state index in [9.17, 15) is 0 Å². The fourth-order valence-electron chi connectivity index (χ4n) is 1.27. The zero-order valence-corrected chi connectivity index (χ0v) is 12.3. The van der Waals surface area contributed by atoms with Gasteiger partial charge < -0.3 is 14.5 Å². The van der Waals surface area contributed by atoms with Crippen molar-refractivity contribution in [2.24, 2.45) is 0 Å². The molecular formula is C13H25N3O2. The number of rotatable bonds is 5. The van der Waals surface area contributed by atoms with Crippen LogP contribution in [-0.4, -0.2) is 27.9 Å². The van der Waals surface area contributed by atoms with Gasteiger partial charge in [0.1, 0.15) is 6.61 Å². The zero-order chi connectivity index (χ0) is 13.8. The highest BCUT2D eigenvalue weighted by molar-refractivity contribution is 4.83. The molecule has 0 spiro atoms. The Labute approximate surface area is 109 Å². The van der Waals surface area contributed by atoms with Crippen molar-refractivity contribution in [1.82, 2.24) is 15.5 Å². The average molecular weight is 255 g/mol. The predicted molar refractivity (Wildman–Crippen MR) is 70.3 cm³/mol. The van der Waals surface area contributed by atoms with E-state index in [1.54, 1.807) is 0 Å². The summed E-state index contributed by atoms with van der Waals surface area (Å²) in [7, 11) is 0. The molecule has 0 atom stereocenters. The summed E-state index contributed by atoms with van der Waals surface area (Å²) < 4.78 is 11.1. The van der Waals surface area contributed by atoms with Crippen LogP contribution in [0, 0.1) is 0 Å². The lowest BCUT2D eigenvalue weighted by molar-refractivity contribution is -0.0247. The van der Waals surface area contributed by atoms with Crippen LogP contribution in [0.4, 0.5) is 0 Å². The van der Waals surface area contributed by atoms with E-state index in [0.29, 0.717) is 18.4 Å². The van der Waals surface area contributed by atoms with Crippen LogP contribution in [0.25, 0.3) is 0 Å². The maximum absolute atomic E-state index is 5.58. The van der Waals surface area contributed by atoms with Gasteiger partial charge in [0.25, 0.3) is 0 Å². The Morgan fingerprint density at radius 3 is 2.22 bits per heavy atom. The number of hydrogen-bond acceptors (Lipinski definition) is 5. The first-order valence-corrected chi connectivity index (χ1v) is 6.36. The second-order valence-electron chi connectivity index (χ2n) is 6.42. The predicted octanol–water partition coefficient (Wildman–Crippen LogP) is 2.32. The first-order chi connectivity index (χ1) is 8.16. The molecule has 0 aliphatic rings. The highest BCUT2D eigenvalue weighted by atomic mass is 16.5. The first kappa shape index (κ1) is 15.1. The molecule has 5 nitrogen and oxygen atoms in total. The summed E-state index contributed by atoms with van der Waals surface area (Å²) in [5.74, 6) is 1.19. The van der Waals surface area contributed by atoms with Gasteiger partial charge >= 0.3 is 0 Å². The lowest BCUT2D eigenvalue weighted by Crippen LogP contribution is -2.37. The van der Waals surface area contributed by atoms with Gasteiger partial charge in [-0.1, -0.05) is 0 Å². The third kappa shape index (κ3) is 6.71. The van der Waals surface area contributed by atoms with Crippen LogP contribution in [0.2, 0.25) is 0 Å². The molecule has 5 heteroatoms. The molecule has 104 valence electrons. The molecule has 0 unspecified atom stereocenters. The highest BCUT2D eigenvalue weighted by Gasteiger charge is 2.14. The smallest absolute Gasteiger partial charge is 0.242 e. The molecule has 0 aromatic carbocycles. The van der Waals surface area contributed by atoms with Crippen LogP contribution >= 0.6 is 0 Å². The molecule has 1 N–H and O–H groups in total. The Morgan fingerprint density at radius 2 is 1.67 bits per heavy atom. The second kappa shape index (κ2) is 5.80. The molecule has 0 saturated heterocycles. The number of aromatic nitrogens is 2. The molecule has 0 amide bonds. The fourth-order valence-corrected chi connectivity index (χ4v) is 1.27. The molecule has 0 radical (unpaired) electrons. The Bertz CT molecular complexity index is 361. The van der Waals surface area contributed by atoms with E-state index in [2.05, 4.69) is 36.3 Å². The minimum Gasteiger partial charge on any atom is -0.423 e. The van der Waals surface area contributed by atoms with E-state index in [1.165, 1.54) is 0 Å². The van der Waals surface area contributed by atoms with E-state index in [-0.39, 0.29) is 11.1 Å². The lowest BCUT2D eigenvalue weighted by atomic mass is 10.1. The van der Waals surface area contributed by atoms with Gasteiger partial charge in [-0.2, -0.15) is 0 Å². The Kier molecular flexibility index (Phi) is 4.87. The monoisotopic (exact) mass is 255 g/mol. The molecule has 0 aliphatic carbocycles. The minimum absolute atomic E-state index is 0.109. The van der Waals surface area contributed by atoms with Gasteiger partial charge in [0.15, 0.2) is 0 Å². The van der Waals surface area contributed by atoms with Gasteiger partial charge in [-0.3, -0.25) is 0 Å². The number of nitrogens with zero attached hydrogens (tertiary/aromatic N) is 2. The van der Waals surface area contributed by atoms with Crippen molar-refractivity contribution in [2.45, 2.75) is 65.7 Å². The Hall–Kier alpha value is -0.940. The quantitative estimate of drug-likeness (QED) is 0.875. The van der Waals surface area contributed by atoms with Gasteiger partial charge in [0.2, 0.25) is 11.8 Å². The molecular weight excluding hydrogens is 230 g/mol. The first-order valence-electron chi connectivity index (χ1n) is 6.36. The summed E-state index contributed by atoms with van der Waals surface area (Å²) in [6.07, 6.45) is 0.736. The van der Waals surface area contributed by atoms with Gasteiger partial charge in [-0.05, 0) is 41.5 Å². The number of ether oxygens (including phenoxy) is 1. The molecule has 1 rings (SSSR count). The van der Waals surface area contributed by atoms with Crippen molar-refractivity contribution in [3.05, 3.63) is 11.8 Å². The summed E-state index contributed by atoms with van der Waals surface area (Å²) in [5, 5.41) is 11.3. The summed E-state index contributed by atoms with van der Waals surface area (Å²) in [4.78, 5) is 0. The van der Waals surface area contributed by atoms with Crippen LogP contribution in [0.15, 0.2) is 4.42 Å². The number of hydrogen-bond donors (Lipinski definition) is 1. The summed E-state index contributed by atoms with van der Waals surface area (Å²) in [5.41, 5.74) is -0.0827. The summed E-state index contributed by atoms with van der Waals surface area (Å²) in [6.45, 7) is 13.6. The lowest BCUT2D eigenvalue weighted by Gasteiger charge is -2.19. The largest absolute Gasteiger partial charge is 0.423 e. The molecule has 1 aromatic rings. The van der Waals surface area contributed by atoms with Gasteiger partial charge in [-0.15, -0.1) is 10.2 Å². The molecule has 0 saturated carbocycles. The van der Waals surface area contributed by atoms with E-state index >= 15 is 0 Å². The summed E-state index contributed by atoms with van der Waals surface area (Å²) >= 11 is 0. The highest BCUT2D eigenvalue weighted by Crippen LogP contribution is 2.11. The van der Waals surface area contributed by atoms with E-state index in [0.717, 1.165) is 13.0 Å². The van der Waals surface area contributed by atoms with Gasteiger partial charge in [-0.25, -0.2) is 0 Å². The third-order valence-corrected chi connectivity index (χ3v) is 2.13. The molecule has 1 heterocycles. The van der Waals surface area contributed by atoms with Crippen molar-refractivity contribution >= 4 is 0 Å². The fraction of sp³-hybridized carbons (Fsp3) is 0.846. The number of nitrogens with one attached hydrogen (secondary N) is 1. The van der Waals surface area contributed by atoms with Crippen LogP contribution in [0.1, 0.15) is 53.3 Å². The van der Waals surface area contributed by atoms with Gasteiger partial charge in [0.05, 0.1) is 5.60 Å². The third-order valence-electron chi connectivity index (χ3n) is 2.13. The van der Waals surface area contributed by atoms with E-state index in [4.69, 9.17) is 9.15 Å². The molecule has 1 aromatic heterocycles. The minimum atomic E-state index is -0.192. The molecule has 0 aliphatic heterocycles. The maximum atomic E-state index is 5.58. The van der Waals surface area contributed by atoms with Crippen molar-refractivity contribution in [2.75, 3.05) is 6.54 Å². The van der Waals surface area contributed by atoms with Crippen LogP contribution in [0.5, 0.6) is 0 Å². The molecule has 18 heavy (non-hydrogen) atoms. The topological polar surface area (TPSA) is 60.2 Å². The van der Waals surface area contributed by atoms with Gasteiger partial charge in [0, 0.05) is 18.5 Å². The van der Waals surface area contributed by atoms with E-state index < -0.39 is 0 Å². The van der Waals surface area contributed by atoms with Crippen molar-refractivity contribution in [1.29, 1.82) is 0 Å². The summed E-state index contributed by atoms with van der Waals surface area (Å²) in [6, 6.07) is 0. The molecule has 0 fully saturated rings. The van der Waals surface area contributed by atoms with Crippen LogP contribution < -0.4 is 5.32 Å². The Balaban J connectivity index is 2.35.